The summed E-state index contributed by atoms with van der Waals surface area (Å²) in [4.78, 5) is 25.4. The van der Waals surface area contributed by atoms with Crippen molar-refractivity contribution in [1.29, 1.82) is 0 Å². The molecule has 0 aliphatic carbocycles. The molecule has 0 aromatic heterocycles. The molecule has 1 saturated heterocycles. The quantitative estimate of drug-likeness (QED) is 0.856. The third-order valence-corrected chi connectivity index (χ3v) is 4.24. The highest BCUT2D eigenvalue weighted by atomic mass is 19.1. The predicted octanol–water partition coefficient (Wildman–Crippen LogP) is 1.85. The van der Waals surface area contributed by atoms with Crippen LogP contribution in [0.3, 0.4) is 0 Å². The van der Waals surface area contributed by atoms with Crippen molar-refractivity contribution < 1.29 is 28.6 Å². The van der Waals surface area contributed by atoms with Crippen LogP contribution in [0.5, 0.6) is 5.75 Å². The van der Waals surface area contributed by atoms with Crippen LogP contribution in [0, 0.1) is 18.2 Å². The second-order valence-corrected chi connectivity index (χ2v) is 6.16. The van der Waals surface area contributed by atoms with Crippen LogP contribution in [0.15, 0.2) is 18.2 Å². The number of carboxylic acids is 1. The molecule has 0 spiro atoms. The molecule has 132 valence electrons. The Kier molecular flexibility index (Phi) is 5.77. The molecule has 1 aliphatic rings. The highest BCUT2D eigenvalue weighted by Gasteiger charge is 2.43. The smallest absolute Gasteiger partial charge is 0.313 e. The van der Waals surface area contributed by atoms with Gasteiger partial charge in [0.15, 0.2) is 18.2 Å². The average Bonchev–Trinajstić information content (AvgIpc) is 2.55. The summed E-state index contributed by atoms with van der Waals surface area (Å²) in [6.45, 7) is 2.03. The van der Waals surface area contributed by atoms with Crippen LogP contribution in [0.4, 0.5) is 4.39 Å². The van der Waals surface area contributed by atoms with E-state index < -0.39 is 17.2 Å². The minimum absolute atomic E-state index is 0.0155. The van der Waals surface area contributed by atoms with Crippen LogP contribution in [0.25, 0.3) is 0 Å². The third-order valence-electron chi connectivity index (χ3n) is 4.24. The standard InChI is InChI=1S/C17H22FNO5/c1-12-4-5-13(18)14(8-12)24-9-15(20)19-7-3-6-17(10-19,11-23-2)16(21)22/h4-5,8H,3,6-7,9-11H2,1-2H3,(H,21,22). The lowest BCUT2D eigenvalue weighted by Gasteiger charge is -2.39. The van der Waals surface area contributed by atoms with E-state index in [1.54, 1.807) is 13.0 Å². The van der Waals surface area contributed by atoms with Crippen molar-refractivity contribution in [3.8, 4) is 5.75 Å². The molecule has 0 bridgehead atoms. The second kappa shape index (κ2) is 7.61. The van der Waals surface area contributed by atoms with Crippen LogP contribution >= 0.6 is 0 Å². The van der Waals surface area contributed by atoms with Gasteiger partial charge in [-0.15, -0.1) is 0 Å². The molecular weight excluding hydrogens is 317 g/mol. The summed E-state index contributed by atoms with van der Waals surface area (Å²) in [5, 5.41) is 9.50. The minimum Gasteiger partial charge on any atom is -0.481 e. The van der Waals surface area contributed by atoms with Gasteiger partial charge in [-0.2, -0.15) is 0 Å². The highest BCUT2D eigenvalue weighted by molar-refractivity contribution is 5.80. The average molecular weight is 339 g/mol. The molecule has 0 radical (unpaired) electrons. The topological polar surface area (TPSA) is 76.1 Å². The van der Waals surface area contributed by atoms with Gasteiger partial charge in [-0.1, -0.05) is 6.07 Å². The molecular formula is C17H22FNO5. The molecule has 1 heterocycles. The zero-order valence-corrected chi connectivity index (χ0v) is 13.9. The Morgan fingerprint density at radius 2 is 2.17 bits per heavy atom. The highest BCUT2D eigenvalue weighted by Crippen LogP contribution is 2.31. The summed E-state index contributed by atoms with van der Waals surface area (Å²) in [5.74, 6) is -1.86. The SMILES string of the molecule is COCC1(C(=O)O)CCCN(C(=O)COc2cc(C)ccc2F)C1. The van der Waals surface area contributed by atoms with Gasteiger partial charge in [0.2, 0.25) is 0 Å². The van der Waals surface area contributed by atoms with Gasteiger partial charge in [-0.25, -0.2) is 4.39 Å². The zero-order valence-electron chi connectivity index (χ0n) is 13.9. The first kappa shape index (κ1) is 18.2. The van der Waals surface area contributed by atoms with E-state index in [1.165, 1.54) is 24.1 Å². The van der Waals surface area contributed by atoms with E-state index in [4.69, 9.17) is 9.47 Å². The largest absolute Gasteiger partial charge is 0.481 e. The number of hydrogen-bond donors (Lipinski definition) is 1. The molecule has 6 nitrogen and oxygen atoms in total. The predicted molar refractivity (Wildman–Crippen MR) is 84.4 cm³/mol. The van der Waals surface area contributed by atoms with Gasteiger partial charge in [0, 0.05) is 20.2 Å². The number of amides is 1. The molecule has 1 aromatic carbocycles. The summed E-state index contributed by atoms with van der Waals surface area (Å²) < 4.78 is 24.0. The number of aryl methyl sites for hydroxylation is 1. The lowest BCUT2D eigenvalue weighted by atomic mass is 9.80. The van der Waals surface area contributed by atoms with E-state index in [9.17, 15) is 19.1 Å². The molecule has 0 saturated carbocycles. The number of carbonyl (C=O) groups is 2. The fraction of sp³-hybridized carbons (Fsp3) is 0.529. The van der Waals surface area contributed by atoms with Crippen LogP contribution in [-0.4, -0.2) is 55.3 Å². The Hall–Kier alpha value is -2.15. The first-order chi connectivity index (χ1) is 11.4. The molecule has 24 heavy (non-hydrogen) atoms. The molecule has 1 fully saturated rings. The Balaban J connectivity index is 2.01. The van der Waals surface area contributed by atoms with E-state index in [2.05, 4.69) is 0 Å². The number of likely N-dealkylation sites (tertiary alicyclic amines) is 1. The first-order valence-corrected chi connectivity index (χ1v) is 7.77. The van der Waals surface area contributed by atoms with Gasteiger partial charge in [-0.05, 0) is 37.5 Å². The first-order valence-electron chi connectivity index (χ1n) is 7.77. The number of methoxy groups -OCH3 is 1. The Morgan fingerprint density at radius 1 is 1.42 bits per heavy atom. The van der Waals surface area contributed by atoms with Crippen molar-refractivity contribution in [2.24, 2.45) is 5.41 Å². The molecule has 1 aliphatic heterocycles. The van der Waals surface area contributed by atoms with Crippen LogP contribution in [-0.2, 0) is 14.3 Å². The van der Waals surface area contributed by atoms with Gasteiger partial charge in [0.25, 0.3) is 5.91 Å². The summed E-state index contributed by atoms with van der Waals surface area (Å²) in [6.07, 6.45) is 1.02. The number of nitrogens with zero attached hydrogens (tertiary/aromatic N) is 1. The fourth-order valence-electron chi connectivity index (χ4n) is 2.93. The van der Waals surface area contributed by atoms with Gasteiger partial charge in [-0.3, -0.25) is 9.59 Å². The Morgan fingerprint density at radius 3 is 2.83 bits per heavy atom. The number of ether oxygens (including phenoxy) is 2. The molecule has 1 aromatic rings. The number of carbonyl (C=O) groups excluding carboxylic acids is 1. The zero-order chi connectivity index (χ0) is 17.7. The minimum atomic E-state index is -1.10. The van der Waals surface area contributed by atoms with Gasteiger partial charge in [0.05, 0.1) is 6.61 Å². The van der Waals surface area contributed by atoms with Crippen molar-refractivity contribution in [3.63, 3.8) is 0 Å². The molecule has 1 atom stereocenters. The van der Waals surface area contributed by atoms with E-state index >= 15 is 0 Å². The number of benzene rings is 1. The number of rotatable bonds is 6. The molecule has 7 heteroatoms. The molecule has 1 unspecified atom stereocenters. The van der Waals surface area contributed by atoms with E-state index in [0.29, 0.717) is 19.4 Å². The molecule has 1 N–H and O–H groups in total. The molecule has 1 amide bonds. The number of halogens is 1. The van der Waals surface area contributed by atoms with Crippen molar-refractivity contribution in [1.82, 2.24) is 4.90 Å². The summed E-state index contributed by atoms with van der Waals surface area (Å²) in [5.41, 5.74) is -0.279. The maximum Gasteiger partial charge on any atom is 0.313 e. The van der Waals surface area contributed by atoms with Crippen LogP contribution < -0.4 is 4.74 Å². The van der Waals surface area contributed by atoms with Gasteiger partial charge >= 0.3 is 5.97 Å². The summed E-state index contributed by atoms with van der Waals surface area (Å²) in [6, 6.07) is 4.41. The Labute approximate surface area is 140 Å². The van der Waals surface area contributed by atoms with Crippen molar-refractivity contribution >= 4 is 11.9 Å². The molecule has 2 rings (SSSR count). The van der Waals surface area contributed by atoms with Gasteiger partial charge < -0.3 is 19.5 Å². The van der Waals surface area contributed by atoms with Crippen LogP contribution in [0.1, 0.15) is 18.4 Å². The monoisotopic (exact) mass is 339 g/mol. The summed E-state index contributed by atoms with van der Waals surface area (Å²) in [7, 11) is 1.44. The number of hydrogen-bond acceptors (Lipinski definition) is 4. The maximum atomic E-state index is 13.6. The van der Waals surface area contributed by atoms with E-state index in [-0.39, 0.29) is 31.4 Å². The maximum absolute atomic E-state index is 13.6. The number of carboxylic acid groups (broad SMARTS) is 1. The second-order valence-electron chi connectivity index (χ2n) is 6.16. The normalized spacial score (nSPS) is 20.7. The lowest BCUT2D eigenvalue weighted by molar-refractivity contribution is -0.159. The third kappa shape index (κ3) is 4.03. The number of aliphatic carboxylic acids is 1. The fourth-order valence-corrected chi connectivity index (χ4v) is 2.93. The number of piperidine rings is 1. The van der Waals surface area contributed by atoms with E-state index in [0.717, 1.165) is 5.56 Å². The van der Waals surface area contributed by atoms with E-state index in [1.807, 2.05) is 0 Å². The lowest BCUT2D eigenvalue weighted by Crippen LogP contribution is -2.53. The van der Waals surface area contributed by atoms with Crippen molar-refractivity contribution in [3.05, 3.63) is 29.6 Å². The Bertz CT molecular complexity index is 617. The van der Waals surface area contributed by atoms with Crippen molar-refractivity contribution in [2.45, 2.75) is 19.8 Å². The van der Waals surface area contributed by atoms with Gasteiger partial charge in [0.1, 0.15) is 5.41 Å². The van der Waals surface area contributed by atoms with Crippen molar-refractivity contribution in [2.75, 3.05) is 33.4 Å². The van der Waals surface area contributed by atoms with Crippen LogP contribution in [0.2, 0.25) is 0 Å². The summed E-state index contributed by atoms with van der Waals surface area (Å²) >= 11 is 0.